The summed E-state index contributed by atoms with van der Waals surface area (Å²) in [6.07, 6.45) is -4.58. The van der Waals surface area contributed by atoms with Crippen LogP contribution >= 0.6 is 0 Å². The first-order chi connectivity index (χ1) is 9.72. The number of halogens is 7. The number of nitrogens with zero attached hydrogens (tertiary/aromatic N) is 2. The summed E-state index contributed by atoms with van der Waals surface area (Å²) in [6.45, 7) is 1.26. The van der Waals surface area contributed by atoms with Crippen molar-refractivity contribution in [2.45, 2.75) is 42.6 Å². The standard InChI is InChI=1S/C11H17F7N2OSe/c1-5-6-7(12)9(13,14)10(15,16)11(17,18)22-20(4)8(21)19(2)3/h7H,5-6H2,1-4H3. The molecule has 0 aromatic heterocycles. The number of amides is 2. The molecule has 0 aliphatic heterocycles. The molecule has 0 aromatic carbocycles. The van der Waals surface area contributed by atoms with Crippen molar-refractivity contribution in [3.8, 4) is 0 Å². The molecule has 11 heteroatoms. The molecule has 0 fully saturated rings. The number of urea groups is 1. The number of carbonyl (C=O) groups excluding carboxylic acids is 1. The van der Waals surface area contributed by atoms with Crippen LogP contribution in [0.5, 0.6) is 0 Å². The second-order valence-electron chi connectivity index (χ2n) is 4.74. The van der Waals surface area contributed by atoms with Crippen LogP contribution < -0.4 is 0 Å². The Hall–Kier alpha value is -0.701. The third-order valence-electron chi connectivity index (χ3n) is 2.62. The van der Waals surface area contributed by atoms with Crippen LogP contribution in [0, 0.1) is 0 Å². The quantitative estimate of drug-likeness (QED) is 0.472. The first-order valence-corrected chi connectivity index (χ1v) is 7.76. The number of hydrogen-bond acceptors (Lipinski definition) is 1. The summed E-state index contributed by atoms with van der Waals surface area (Å²) in [5.74, 6) is -11.4. The van der Waals surface area contributed by atoms with Gasteiger partial charge < -0.3 is 0 Å². The monoisotopic (exact) mass is 406 g/mol. The van der Waals surface area contributed by atoms with Crippen molar-refractivity contribution in [1.29, 1.82) is 0 Å². The van der Waals surface area contributed by atoms with Crippen molar-refractivity contribution < 1.29 is 35.5 Å². The van der Waals surface area contributed by atoms with E-state index in [4.69, 9.17) is 0 Å². The molecule has 0 rings (SSSR count). The average molecular weight is 405 g/mol. The van der Waals surface area contributed by atoms with Gasteiger partial charge in [0.25, 0.3) is 0 Å². The Morgan fingerprint density at radius 2 is 1.55 bits per heavy atom. The third kappa shape index (κ3) is 4.18. The molecule has 132 valence electrons. The zero-order chi connectivity index (χ0) is 17.9. The maximum absolute atomic E-state index is 13.6. The number of carbonyl (C=O) groups is 1. The third-order valence-corrected chi connectivity index (χ3v) is 4.54. The van der Waals surface area contributed by atoms with E-state index in [1.807, 2.05) is 0 Å². The van der Waals surface area contributed by atoms with Gasteiger partial charge in [-0.3, -0.25) is 0 Å². The molecule has 2 amide bonds. The summed E-state index contributed by atoms with van der Waals surface area (Å²) in [5, 5.41) is 0. The SMILES string of the molecule is CCCC(F)C(F)(F)C(F)(F)C(F)(F)[Se]N(C)C(=O)N(C)C. The van der Waals surface area contributed by atoms with E-state index in [0.29, 0.717) is 0 Å². The van der Waals surface area contributed by atoms with Gasteiger partial charge in [-0.15, -0.1) is 0 Å². The van der Waals surface area contributed by atoms with E-state index < -0.39 is 50.5 Å². The van der Waals surface area contributed by atoms with Gasteiger partial charge in [-0.25, -0.2) is 0 Å². The number of rotatable bonds is 7. The molecule has 0 spiro atoms. The molecule has 0 saturated heterocycles. The molecule has 1 atom stereocenters. The molecule has 3 nitrogen and oxygen atoms in total. The minimum absolute atomic E-state index is 0.206. The molecular weight excluding hydrogens is 388 g/mol. The Kier molecular flexibility index (Phi) is 7.02. The number of alkyl halides is 7. The molecule has 0 aliphatic carbocycles. The van der Waals surface area contributed by atoms with E-state index in [1.165, 1.54) is 21.0 Å². The normalized spacial score (nSPS) is 14.7. The van der Waals surface area contributed by atoms with Crippen LogP contribution in [0.4, 0.5) is 35.5 Å². The molecule has 22 heavy (non-hydrogen) atoms. The van der Waals surface area contributed by atoms with Crippen LogP contribution in [0.3, 0.4) is 0 Å². The molecule has 0 aliphatic rings. The zero-order valence-corrected chi connectivity index (χ0v) is 14.1. The molecule has 0 aromatic rings. The van der Waals surface area contributed by atoms with Crippen LogP contribution in [0.25, 0.3) is 0 Å². The fraction of sp³-hybridized carbons (Fsp3) is 0.909. The fourth-order valence-electron chi connectivity index (χ4n) is 1.38. The van der Waals surface area contributed by atoms with Crippen LogP contribution in [-0.4, -0.2) is 74.0 Å². The predicted octanol–water partition coefficient (Wildman–Crippen LogP) is 3.22. The van der Waals surface area contributed by atoms with Crippen molar-refractivity contribution >= 4 is 21.2 Å². The molecule has 0 heterocycles. The van der Waals surface area contributed by atoms with E-state index in [2.05, 4.69) is 0 Å². The Balaban J connectivity index is 5.34. The van der Waals surface area contributed by atoms with E-state index in [-0.39, 0.29) is 10.3 Å². The minimum atomic E-state index is -5.91. The predicted molar refractivity (Wildman–Crippen MR) is 67.2 cm³/mol. The van der Waals surface area contributed by atoms with Gasteiger partial charge in [0.15, 0.2) is 0 Å². The van der Waals surface area contributed by atoms with Crippen LogP contribution in [-0.2, 0) is 0 Å². The van der Waals surface area contributed by atoms with E-state index in [0.717, 1.165) is 11.9 Å². The van der Waals surface area contributed by atoms with E-state index in [9.17, 15) is 35.5 Å². The second kappa shape index (κ2) is 7.25. The van der Waals surface area contributed by atoms with Gasteiger partial charge in [0.1, 0.15) is 0 Å². The van der Waals surface area contributed by atoms with Crippen LogP contribution in [0.2, 0.25) is 0 Å². The molecule has 0 N–H and O–H groups in total. The number of hydrogen-bond donors (Lipinski definition) is 0. The van der Waals surface area contributed by atoms with Gasteiger partial charge in [-0.05, 0) is 0 Å². The summed E-state index contributed by atoms with van der Waals surface area (Å²) < 4.78 is 94.4. The Labute approximate surface area is 130 Å². The summed E-state index contributed by atoms with van der Waals surface area (Å²) in [6, 6.07) is -1.05. The summed E-state index contributed by atoms with van der Waals surface area (Å²) >= 11 is -2.63. The molecular formula is C11H17F7N2OSe. The molecule has 0 radical (unpaired) electrons. The van der Waals surface area contributed by atoms with Crippen LogP contribution in [0.15, 0.2) is 0 Å². The summed E-state index contributed by atoms with van der Waals surface area (Å²) in [5.41, 5.74) is 0. The Morgan fingerprint density at radius 1 is 1.09 bits per heavy atom. The van der Waals surface area contributed by atoms with E-state index >= 15 is 0 Å². The first-order valence-electron chi connectivity index (χ1n) is 6.14. The second-order valence-corrected chi connectivity index (χ2v) is 7.34. The van der Waals surface area contributed by atoms with Gasteiger partial charge in [0.05, 0.1) is 0 Å². The van der Waals surface area contributed by atoms with Crippen molar-refractivity contribution in [3.63, 3.8) is 0 Å². The van der Waals surface area contributed by atoms with Gasteiger partial charge in [0.2, 0.25) is 0 Å². The van der Waals surface area contributed by atoms with Crippen molar-refractivity contribution in [3.05, 3.63) is 0 Å². The van der Waals surface area contributed by atoms with Crippen molar-refractivity contribution in [1.82, 2.24) is 8.82 Å². The fourth-order valence-corrected chi connectivity index (χ4v) is 3.13. The summed E-state index contributed by atoms with van der Waals surface area (Å²) in [4.78, 5) is 6.95. The van der Waals surface area contributed by atoms with Gasteiger partial charge in [0, 0.05) is 0 Å². The molecule has 0 saturated carbocycles. The van der Waals surface area contributed by atoms with E-state index in [1.54, 1.807) is 0 Å². The topological polar surface area (TPSA) is 23.6 Å². The van der Waals surface area contributed by atoms with Gasteiger partial charge in [-0.2, -0.15) is 0 Å². The Bertz CT molecular complexity index is 393. The molecule has 1 unspecified atom stereocenters. The summed E-state index contributed by atoms with van der Waals surface area (Å²) in [7, 11) is 3.14. The van der Waals surface area contributed by atoms with Gasteiger partial charge in [-0.1, -0.05) is 0 Å². The van der Waals surface area contributed by atoms with Crippen molar-refractivity contribution in [2.24, 2.45) is 0 Å². The first kappa shape index (κ1) is 21.3. The molecule has 0 bridgehead atoms. The van der Waals surface area contributed by atoms with Crippen LogP contribution in [0.1, 0.15) is 19.8 Å². The zero-order valence-electron chi connectivity index (χ0n) is 12.3. The van der Waals surface area contributed by atoms with Crippen molar-refractivity contribution in [2.75, 3.05) is 21.1 Å². The van der Waals surface area contributed by atoms with Gasteiger partial charge >= 0.3 is 129 Å². The maximum atomic E-state index is 13.6. The average Bonchev–Trinajstić information content (AvgIpc) is 2.36. The Morgan fingerprint density at radius 3 is 1.91 bits per heavy atom.